The number of carbonyl (C=O) groups is 2. The monoisotopic (exact) mass is 1920 g/mol. The number of hydrogen-bond donors (Lipinski definition) is 0. The lowest BCUT2D eigenvalue weighted by molar-refractivity contribution is -0.461. The van der Waals surface area contributed by atoms with Crippen molar-refractivity contribution in [2.24, 2.45) is 0 Å². The van der Waals surface area contributed by atoms with E-state index in [-0.39, 0.29) is 12.1 Å². The molecule has 59 heteroatoms. The van der Waals surface area contributed by atoms with E-state index < -0.39 is 288 Å². The summed E-state index contributed by atoms with van der Waals surface area (Å²) in [7, 11) is 0. The number of hydrogen-bond acceptors (Lipinski definition) is 8. The number of unbranched alkanes of at least 4 members (excludes halogenated alkanes) is 3. The molecule has 0 N–H and O–H groups in total. The van der Waals surface area contributed by atoms with Gasteiger partial charge in [0, 0.05) is 19.3 Å². The van der Waals surface area contributed by atoms with Crippen LogP contribution < -0.4 is 14.2 Å². The number of esters is 2. The molecule has 0 saturated carbocycles. The molecule has 8 nitrogen and oxygen atoms in total. The minimum atomic E-state index is -9.16. The Morgan fingerprint density at radius 2 is 0.524 bits per heavy atom. The van der Waals surface area contributed by atoms with Gasteiger partial charge in [0.1, 0.15) is 13.2 Å². The first kappa shape index (κ1) is 106. The number of carbonyl (C=O) groups excluding carboxylic acids is 2. The summed E-state index contributed by atoms with van der Waals surface area (Å²) in [5.41, 5.74) is -0.967. The first-order chi connectivity index (χ1) is 55.2. The molecule has 5 aromatic rings. The van der Waals surface area contributed by atoms with Crippen molar-refractivity contribution in [2.75, 3.05) is 46.2 Å². The minimum absolute atomic E-state index is 0.00151. The summed E-state index contributed by atoms with van der Waals surface area (Å²) in [6, 6.07) is 15.6. The molecular formula is C65H45F51O8. The van der Waals surface area contributed by atoms with Crippen LogP contribution in [0.15, 0.2) is 66.7 Å². The van der Waals surface area contributed by atoms with E-state index >= 15 is 0 Å². The lowest BCUT2D eigenvalue weighted by Crippen LogP contribution is -2.74. The van der Waals surface area contributed by atoms with Gasteiger partial charge in [-0.2, -0.15) is 224 Å². The van der Waals surface area contributed by atoms with Crippen LogP contribution in [0.5, 0.6) is 17.2 Å². The minimum Gasteiger partial charge on any atom is -0.490 e. The number of halogens is 51. The summed E-state index contributed by atoms with van der Waals surface area (Å²) >= 11 is 0. The van der Waals surface area contributed by atoms with Crippen molar-refractivity contribution in [1.82, 2.24) is 0 Å². The molecule has 5 rings (SSSR count). The van der Waals surface area contributed by atoms with Crippen molar-refractivity contribution in [3.63, 3.8) is 0 Å². The lowest BCUT2D eigenvalue weighted by atomic mass is 9.88. The van der Waals surface area contributed by atoms with Gasteiger partial charge in [0.15, 0.2) is 11.5 Å². The first-order valence-corrected chi connectivity index (χ1v) is 33.0. The second-order valence-corrected chi connectivity index (χ2v) is 26.4. The summed E-state index contributed by atoms with van der Waals surface area (Å²) < 4.78 is 742. The van der Waals surface area contributed by atoms with Crippen molar-refractivity contribution in [3.05, 3.63) is 77.9 Å². The molecule has 0 aliphatic rings. The summed E-state index contributed by atoms with van der Waals surface area (Å²) in [5.74, 6) is -189. The van der Waals surface area contributed by atoms with E-state index in [1.807, 2.05) is 6.07 Å². The van der Waals surface area contributed by atoms with Gasteiger partial charge >= 0.3 is 155 Å². The van der Waals surface area contributed by atoms with Gasteiger partial charge in [-0.1, -0.05) is 54.6 Å². The van der Waals surface area contributed by atoms with Crippen LogP contribution in [-0.2, 0) is 25.4 Å². The van der Waals surface area contributed by atoms with Crippen LogP contribution in [0.25, 0.3) is 32.3 Å². The van der Waals surface area contributed by atoms with Gasteiger partial charge in [0.05, 0.1) is 45.0 Å². The predicted molar refractivity (Wildman–Crippen MR) is 312 cm³/mol. The molecule has 0 unspecified atom stereocenters. The second-order valence-electron chi connectivity index (χ2n) is 26.4. The summed E-state index contributed by atoms with van der Waals surface area (Å²) in [6.07, 6.45) is -46.9. The van der Waals surface area contributed by atoms with E-state index in [4.69, 9.17) is 28.4 Å². The average Bonchev–Trinajstić information content (AvgIpc) is 0.701. The maximum atomic E-state index is 14.9. The fraction of sp³-hybridized carbons (Fsp3) is 0.631. The first-order valence-electron chi connectivity index (χ1n) is 33.0. The average molecular weight is 1920 g/mol. The number of alkyl halides is 51. The van der Waals surface area contributed by atoms with Gasteiger partial charge < -0.3 is 28.4 Å². The Balaban J connectivity index is 1.51. The Labute approximate surface area is 654 Å². The quantitative estimate of drug-likeness (QED) is 0.0165. The maximum absolute atomic E-state index is 14.9. The molecule has 0 aliphatic heterocycles. The highest BCUT2D eigenvalue weighted by Crippen LogP contribution is 2.69. The zero-order chi connectivity index (χ0) is 96.5. The number of ether oxygens (including phenoxy) is 6. The molecule has 0 heterocycles. The van der Waals surface area contributed by atoms with Crippen molar-refractivity contribution < 1.29 is 262 Å². The largest absolute Gasteiger partial charge is 0.490 e. The van der Waals surface area contributed by atoms with E-state index in [1.165, 1.54) is 0 Å². The Morgan fingerprint density at radius 3 is 0.839 bits per heavy atom. The van der Waals surface area contributed by atoms with Crippen LogP contribution in [0.4, 0.5) is 224 Å². The molecule has 0 amide bonds. The molecule has 0 spiro atoms. The molecule has 0 bridgehead atoms. The van der Waals surface area contributed by atoms with Gasteiger partial charge in [-0.3, -0.25) is 4.79 Å². The normalized spacial score (nSPS) is 15.2. The fourth-order valence-electron chi connectivity index (χ4n) is 10.7. The molecule has 5 aromatic carbocycles. The molecule has 124 heavy (non-hydrogen) atoms. The molecule has 0 fully saturated rings. The van der Waals surface area contributed by atoms with Crippen molar-refractivity contribution in [3.8, 4) is 17.2 Å². The summed E-state index contributed by atoms with van der Waals surface area (Å²) in [5, 5.41) is 4.53. The highest BCUT2D eigenvalue weighted by atomic mass is 19.5. The summed E-state index contributed by atoms with van der Waals surface area (Å²) in [6.45, 7) is -8.96. The van der Waals surface area contributed by atoms with E-state index in [9.17, 15) is 234 Å². The van der Waals surface area contributed by atoms with Crippen molar-refractivity contribution in [1.29, 1.82) is 0 Å². The number of benzene rings is 5. The van der Waals surface area contributed by atoms with Gasteiger partial charge in [-0.25, -0.2) is 4.79 Å². The van der Waals surface area contributed by atoms with E-state index in [1.54, 1.807) is 48.5 Å². The van der Waals surface area contributed by atoms with Gasteiger partial charge in [-0.15, -0.1) is 0 Å². The lowest BCUT2D eigenvalue weighted by Gasteiger charge is -2.42. The molecule has 0 atom stereocenters. The molecule has 0 aliphatic carbocycles. The predicted octanol–water partition coefficient (Wildman–Crippen LogP) is 25.2. The third kappa shape index (κ3) is 17.6. The Hall–Kier alpha value is -8.13. The van der Waals surface area contributed by atoms with Crippen LogP contribution in [0.1, 0.15) is 73.7 Å². The Kier molecular flexibility index (Phi) is 29.3. The SMILES string of the molecule is O=C(Cc1ccc2ccc3cccc4ccc1c2c34)OCCOCCOC(=O)c1cc(OCCCCC(F)(F)C(F)(F)C(F)(F)C(F)(F)C(F)(F)C(F)(F)C(F)(F)C(F)(F)F)c(OCCCCC(F)(F)C(F)(F)C(F)(F)C(F)(F)C(F)(F)C(F)(F)C(F)(F)C(F)(F)F)c(OCCCCC(F)(F)C(F)(F)C(F)(F)C(F)(F)C(F)(F)C(F)(F)C(F)(F)C(F)(F)F)c1. The third-order valence-electron chi connectivity index (χ3n) is 17.9. The van der Waals surface area contributed by atoms with Gasteiger partial charge in [0.25, 0.3) is 0 Å². The highest BCUT2D eigenvalue weighted by Gasteiger charge is 2.99. The topological polar surface area (TPSA) is 89.5 Å². The number of rotatable bonds is 45. The fourth-order valence-corrected chi connectivity index (χ4v) is 10.7. The standard InChI is InChI=1S/C65H45F51O8/c66-42(67,45(72,73)48(78,79)51(84,85)54(90,91)57(96,97)60(102,103)63(108,109)110)16-1-4-19-120-35-26-33(41(118)124-25-23-119-22-24-122-37(117)28-32-13-12-31-11-10-29-8-7-9-30-14-15-34(32)39(31)38(29)30)27-36(121-20-5-2-17-43(68,69)46(74,75)49(80,81)52(86,87)55(92,93)58(98,99)61(104,105)64(111,112)113)40(35)123-21-6-3-18-44(70,71)47(76,77)50(82,83)53(88,89)56(94,95)59(100,101)62(106,107)65(114,115)116/h7-15,26-27H,1-6,16-25,28H2. The molecular weight excluding hydrogens is 1880 g/mol. The molecule has 710 valence electrons. The smallest absolute Gasteiger partial charge is 0.460 e. The second kappa shape index (κ2) is 34.1. The van der Waals surface area contributed by atoms with Gasteiger partial charge in [-0.05, 0) is 88.5 Å². The van der Waals surface area contributed by atoms with Crippen molar-refractivity contribution in [2.45, 2.75) is 207 Å². The summed E-state index contributed by atoms with van der Waals surface area (Å²) in [4.78, 5) is 26.5. The van der Waals surface area contributed by atoms with Crippen LogP contribution in [0.2, 0.25) is 0 Å². The van der Waals surface area contributed by atoms with Gasteiger partial charge in [0.2, 0.25) is 5.75 Å². The zero-order valence-electron chi connectivity index (χ0n) is 59.4. The molecule has 0 saturated heterocycles. The van der Waals surface area contributed by atoms with Crippen LogP contribution in [0.3, 0.4) is 0 Å². The maximum Gasteiger partial charge on any atom is 0.460 e. The Bertz CT molecular complexity index is 4360. The molecule has 0 aromatic heterocycles. The van der Waals surface area contributed by atoms with Crippen molar-refractivity contribution >= 4 is 44.3 Å². The van der Waals surface area contributed by atoms with E-state index in [0.717, 1.165) is 26.9 Å². The third-order valence-corrected chi connectivity index (χ3v) is 17.9. The van der Waals surface area contributed by atoms with Crippen LogP contribution >= 0.6 is 0 Å². The highest BCUT2D eigenvalue weighted by molar-refractivity contribution is 6.23. The van der Waals surface area contributed by atoms with E-state index in [0.29, 0.717) is 10.9 Å². The Morgan fingerprint density at radius 1 is 0.258 bits per heavy atom. The molecule has 0 radical (unpaired) electrons. The zero-order valence-corrected chi connectivity index (χ0v) is 59.4. The van der Waals surface area contributed by atoms with Crippen LogP contribution in [0, 0.1) is 0 Å². The van der Waals surface area contributed by atoms with Crippen LogP contribution in [-0.4, -0.2) is 201 Å². The van der Waals surface area contributed by atoms with E-state index in [2.05, 4.69) is 0 Å².